The SMILES string of the molecule is CCCC1(C(=O)NCC(C)(C)C(=O)NC)CCNCC1. The summed E-state index contributed by atoms with van der Waals surface area (Å²) in [5.74, 6) is 0.0606. The van der Waals surface area contributed by atoms with Gasteiger partial charge in [-0.2, -0.15) is 0 Å². The minimum absolute atomic E-state index is 0.0485. The first-order valence-corrected chi connectivity index (χ1v) is 7.59. The molecule has 0 aromatic carbocycles. The number of rotatable bonds is 6. The summed E-state index contributed by atoms with van der Waals surface area (Å²) in [6, 6.07) is 0. The van der Waals surface area contributed by atoms with Gasteiger partial charge in [0, 0.05) is 13.6 Å². The van der Waals surface area contributed by atoms with E-state index in [1.165, 1.54) is 0 Å². The van der Waals surface area contributed by atoms with Crippen molar-refractivity contribution in [2.75, 3.05) is 26.7 Å². The number of hydrogen-bond acceptors (Lipinski definition) is 3. The van der Waals surface area contributed by atoms with Gasteiger partial charge in [-0.1, -0.05) is 13.3 Å². The fourth-order valence-electron chi connectivity index (χ4n) is 2.88. The Hall–Kier alpha value is -1.10. The smallest absolute Gasteiger partial charge is 0.227 e. The fourth-order valence-corrected chi connectivity index (χ4v) is 2.88. The number of hydrogen-bond donors (Lipinski definition) is 3. The molecule has 0 atom stereocenters. The third-order valence-corrected chi connectivity index (χ3v) is 4.30. The van der Waals surface area contributed by atoms with Gasteiger partial charge in [-0.25, -0.2) is 0 Å². The summed E-state index contributed by atoms with van der Waals surface area (Å²) in [6.07, 6.45) is 3.69. The lowest BCUT2D eigenvalue weighted by Gasteiger charge is -2.37. The van der Waals surface area contributed by atoms with E-state index in [-0.39, 0.29) is 17.2 Å². The Bertz CT molecular complexity index is 342. The molecule has 5 nitrogen and oxygen atoms in total. The monoisotopic (exact) mass is 283 g/mol. The summed E-state index contributed by atoms with van der Waals surface area (Å²) in [5.41, 5.74) is -0.830. The zero-order valence-electron chi connectivity index (χ0n) is 13.3. The highest BCUT2D eigenvalue weighted by atomic mass is 16.2. The van der Waals surface area contributed by atoms with Gasteiger partial charge >= 0.3 is 0 Å². The summed E-state index contributed by atoms with van der Waals surface area (Å²) >= 11 is 0. The normalized spacial score (nSPS) is 18.4. The maximum absolute atomic E-state index is 12.6. The van der Waals surface area contributed by atoms with Gasteiger partial charge in [0.1, 0.15) is 0 Å². The van der Waals surface area contributed by atoms with Crippen LogP contribution in [0.15, 0.2) is 0 Å². The lowest BCUT2D eigenvalue weighted by atomic mass is 9.74. The summed E-state index contributed by atoms with van der Waals surface area (Å²) in [5, 5.41) is 8.96. The van der Waals surface area contributed by atoms with Crippen LogP contribution < -0.4 is 16.0 Å². The molecule has 20 heavy (non-hydrogen) atoms. The van der Waals surface area contributed by atoms with E-state index in [0.717, 1.165) is 38.8 Å². The van der Waals surface area contributed by atoms with Crippen molar-refractivity contribution in [3.05, 3.63) is 0 Å². The highest BCUT2D eigenvalue weighted by Crippen LogP contribution is 2.34. The van der Waals surface area contributed by atoms with E-state index in [1.54, 1.807) is 7.05 Å². The lowest BCUT2D eigenvalue weighted by molar-refractivity contribution is -0.135. The molecule has 1 rings (SSSR count). The topological polar surface area (TPSA) is 70.2 Å². The Morgan fingerprint density at radius 1 is 1.25 bits per heavy atom. The Morgan fingerprint density at radius 3 is 2.35 bits per heavy atom. The van der Waals surface area contributed by atoms with Crippen molar-refractivity contribution in [1.82, 2.24) is 16.0 Å². The molecule has 1 saturated heterocycles. The second-order valence-electron chi connectivity index (χ2n) is 6.43. The summed E-state index contributed by atoms with van der Waals surface area (Å²) in [4.78, 5) is 24.4. The van der Waals surface area contributed by atoms with Crippen LogP contribution in [0.4, 0.5) is 0 Å². The van der Waals surface area contributed by atoms with Gasteiger partial charge in [0.15, 0.2) is 0 Å². The van der Waals surface area contributed by atoms with E-state index in [1.807, 2.05) is 13.8 Å². The van der Waals surface area contributed by atoms with Gasteiger partial charge in [0.2, 0.25) is 11.8 Å². The molecule has 0 spiro atoms. The first kappa shape index (κ1) is 17.0. The predicted molar refractivity (Wildman–Crippen MR) is 80.3 cm³/mol. The number of amides is 2. The van der Waals surface area contributed by atoms with E-state index in [4.69, 9.17) is 0 Å². The molecule has 0 bridgehead atoms. The second kappa shape index (κ2) is 7.07. The van der Waals surface area contributed by atoms with Gasteiger partial charge in [0.25, 0.3) is 0 Å². The third kappa shape index (κ3) is 3.95. The summed E-state index contributed by atoms with van der Waals surface area (Å²) in [6.45, 7) is 7.98. The minimum Gasteiger partial charge on any atom is -0.359 e. The fraction of sp³-hybridized carbons (Fsp3) is 0.867. The van der Waals surface area contributed by atoms with Gasteiger partial charge in [-0.15, -0.1) is 0 Å². The second-order valence-corrected chi connectivity index (χ2v) is 6.43. The number of carbonyl (C=O) groups is 2. The Morgan fingerprint density at radius 2 is 1.85 bits per heavy atom. The van der Waals surface area contributed by atoms with E-state index < -0.39 is 5.41 Å². The molecular weight excluding hydrogens is 254 g/mol. The van der Waals surface area contributed by atoms with E-state index in [9.17, 15) is 9.59 Å². The molecule has 0 radical (unpaired) electrons. The summed E-state index contributed by atoms with van der Waals surface area (Å²) < 4.78 is 0. The zero-order valence-corrected chi connectivity index (χ0v) is 13.3. The largest absolute Gasteiger partial charge is 0.359 e. The third-order valence-electron chi connectivity index (χ3n) is 4.30. The molecule has 0 unspecified atom stereocenters. The molecule has 1 fully saturated rings. The summed E-state index contributed by atoms with van der Waals surface area (Å²) in [7, 11) is 1.62. The average molecular weight is 283 g/mol. The molecule has 2 amide bonds. The van der Waals surface area contributed by atoms with Crippen LogP contribution in [-0.2, 0) is 9.59 Å². The first-order chi connectivity index (χ1) is 9.38. The Kier molecular flexibility index (Phi) is 5.99. The van der Waals surface area contributed by atoms with Crippen molar-refractivity contribution in [1.29, 1.82) is 0 Å². The van der Waals surface area contributed by atoms with E-state index in [2.05, 4.69) is 22.9 Å². The Labute approximate surface area is 122 Å². The van der Waals surface area contributed by atoms with Crippen LogP contribution in [0, 0.1) is 10.8 Å². The zero-order chi connectivity index (χ0) is 15.2. The molecular formula is C15H29N3O2. The predicted octanol–water partition coefficient (Wildman–Crippen LogP) is 1.04. The molecule has 1 aliphatic heterocycles. The van der Waals surface area contributed by atoms with Gasteiger partial charge in [0.05, 0.1) is 10.8 Å². The molecule has 3 N–H and O–H groups in total. The van der Waals surface area contributed by atoms with Crippen LogP contribution in [-0.4, -0.2) is 38.5 Å². The quantitative estimate of drug-likeness (QED) is 0.682. The lowest BCUT2D eigenvalue weighted by Crippen LogP contribution is -2.51. The van der Waals surface area contributed by atoms with Crippen LogP contribution >= 0.6 is 0 Å². The van der Waals surface area contributed by atoms with Crippen LogP contribution in [0.1, 0.15) is 46.5 Å². The van der Waals surface area contributed by atoms with Gasteiger partial charge in [-0.3, -0.25) is 9.59 Å². The molecule has 116 valence electrons. The van der Waals surface area contributed by atoms with Crippen molar-refractivity contribution in [2.24, 2.45) is 10.8 Å². The molecule has 0 aromatic heterocycles. The molecule has 1 heterocycles. The minimum atomic E-state index is -0.579. The highest BCUT2D eigenvalue weighted by molar-refractivity contribution is 5.85. The molecule has 0 aromatic rings. The average Bonchev–Trinajstić information content (AvgIpc) is 2.45. The molecule has 1 aliphatic rings. The van der Waals surface area contributed by atoms with Crippen LogP contribution in [0.25, 0.3) is 0 Å². The van der Waals surface area contributed by atoms with Crippen molar-refractivity contribution < 1.29 is 9.59 Å². The molecule has 0 saturated carbocycles. The maximum Gasteiger partial charge on any atom is 0.227 e. The number of piperidine rings is 1. The van der Waals surface area contributed by atoms with Crippen molar-refractivity contribution in [3.63, 3.8) is 0 Å². The Balaban J connectivity index is 2.65. The van der Waals surface area contributed by atoms with E-state index in [0.29, 0.717) is 6.54 Å². The maximum atomic E-state index is 12.6. The van der Waals surface area contributed by atoms with Gasteiger partial charge < -0.3 is 16.0 Å². The van der Waals surface area contributed by atoms with Crippen molar-refractivity contribution >= 4 is 11.8 Å². The number of nitrogens with one attached hydrogen (secondary N) is 3. The van der Waals surface area contributed by atoms with Crippen LogP contribution in [0.3, 0.4) is 0 Å². The highest BCUT2D eigenvalue weighted by Gasteiger charge is 2.39. The standard InChI is InChI=1S/C15H29N3O2/c1-5-6-15(7-9-17-10-8-15)13(20)18-11-14(2,3)12(19)16-4/h17H,5-11H2,1-4H3,(H,16,19)(H,18,20). The van der Waals surface area contributed by atoms with E-state index >= 15 is 0 Å². The van der Waals surface area contributed by atoms with Gasteiger partial charge in [-0.05, 0) is 46.2 Å². The molecule has 0 aliphatic carbocycles. The molecule has 5 heteroatoms. The first-order valence-electron chi connectivity index (χ1n) is 7.59. The van der Waals surface area contributed by atoms with Crippen LogP contribution in [0.5, 0.6) is 0 Å². The van der Waals surface area contributed by atoms with Crippen molar-refractivity contribution in [3.8, 4) is 0 Å². The van der Waals surface area contributed by atoms with Crippen molar-refractivity contribution in [2.45, 2.75) is 46.5 Å². The number of carbonyl (C=O) groups excluding carboxylic acids is 2. The van der Waals surface area contributed by atoms with Crippen LogP contribution in [0.2, 0.25) is 0 Å².